The summed E-state index contributed by atoms with van der Waals surface area (Å²) in [5, 5.41) is 3.09. The molecule has 0 saturated carbocycles. The molecule has 1 N–H and O–H groups in total. The number of hydrogen-bond donors (Lipinski definition) is 1. The maximum Gasteiger partial charge on any atom is 0.0256 e. The number of nitrogens with one attached hydrogen (secondary N) is 1. The lowest BCUT2D eigenvalue weighted by Gasteiger charge is -2.10. The molecule has 0 aromatic rings. The summed E-state index contributed by atoms with van der Waals surface area (Å²) in [4.78, 5) is 0. The van der Waals surface area contributed by atoms with Crippen molar-refractivity contribution in [3.8, 4) is 0 Å². The van der Waals surface area contributed by atoms with Crippen LogP contribution in [0.2, 0.25) is 0 Å². The van der Waals surface area contributed by atoms with Crippen LogP contribution in [0.15, 0.2) is 0 Å². The van der Waals surface area contributed by atoms with Crippen LogP contribution in [0.4, 0.5) is 0 Å². The lowest BCUT2D eigenvalue weighted by molar-refractivity contribution is 0.524. The Hall–Kier alpha value is 0.0700. The molecule has 0 amide bonds. The summed E-state index contributed by atoms with van der Waals surface area (Å²) in [5.41, 5.74) is 0. The Morgan fingerprint density at radius 1 is 1.78 bits per heavy atom. The van der Waals surface area contributed by atoms with Crippen molar-refractivity contribution in [2.45, 2.75) is 18.9 Å². The average Bonchev–Trinajstić information content (AvgIpc) is 2.15. The predicted molar refractivity (Wildman–Crippen MR) is 34.8 cm³/mol. The third kappa shape index (κ3) is 2.43. The van der Waals surface area contributed by atoms with E-state index < -0.39 is 11.1 Å². The minimum absolute atomic E-state index is 0.225. The van der Waals surface area contributed by atoms with Gasteiger partial charge in [0.1, 0.15) is 0 Å². The molecule has 9 heavy (non-hydrogen) atoms. The van der Waals surface area contributed by atoms with Crippen LogP contribution in [0.3, 0.4) is 0 Å². The largest absolute Gasteiger partial charge is 0.772 e. The molecular formula is C5H10NO2S-. The highest BCUT2D eigenvalue weighted by atomic mass is 32.2. The van der Waals surface area contributed by atoms with E-state index in [1.54, 1.807) is 0 Å². The second-order valence-corrected chi connectivity index (χ2v) is 3.20. The van der Waals surface area contributed by atoms with Crippen LogP contribution in [0.25, 0.3) is 0 Å². The normalized spacial score (nSPS) is 30.6. The maximum absolute atomic E-state index is 10.1. The van der Waals surface area contributed by atoms with Crippen LogP contribution in [0.1, 0.15) is 12.8 Å². The second kappa shape index (κ2) is 3.29. The van der Waals surface area contributed by atoms with Crippen molar-refractivity contribution in [3.05, 3.63) is 0 Å². The minimum atomic E-state index is -1.87. The molecule has 1 saturated heterocycles. The van der Waals surface area contributed by atoms with Gasteiger partial charge in [0.05, 0.1) is 0 Å². The van der Waals surface area contributed by atoms with Crippen molar-refractivity contribution < 1.29 is 8.76 Å². The van der Waals surface area contributed by atoms with Crippen molar-refractivity contribution in [1.82, 2.24) is 5.32 Å². The van der Waals surface area contributed by atoms with E-state index in [1.807, 2.05) is 0 Å². The molecule has 2 atom stereocenters. The van der Waals surface area contributed by atoms with Gasteiger partial charge in [0.15, 0.2) is 0 Å². The summed E-state index contributed by atoms with van der Waals surface area (Å²) in [5.74, 6) is 0.278. The van der Waals surface area contributed by atoms with Gasteiger partial charge in [-0.2, -0.15) is 0 Å². The Labute approximate surface area is 57.1 Å². The van der Waals surface area contributed by atoms with Crippen LogP contribution < -0.4 is 5.32 Å². The van der Waals surface area contributed by atoms with Crippen molar-refractivity contribution in [1.29, 1.82) is 0 Å². The highest BCUT2D eigenvalue weighted by molar-refractivity contribution is 7.79. The Balaban J connectivity index is 2.19. The highest BCUT2D eigenvalue weighted by Gasteiger charge is 2.12. The molecule has 1 aliphatic rings. The Morgan fingerprint density at radius 3 is 3.00 bits per heavy atom. The van der Waals surface area contributed by atoms with E-state index in [1.165, 1.54) is 0 Å². The SMILES string of the molecule is O=S([O-])CC1CCCN1. The topological polar surface area (TPSA) is 52.2 Å². The van der Waals surface area contributed by atoms with E-state index in [0.29, 0.717) is 0 Å². The fraction of sp³-hybridized carbons (Fsp3) is 1.00. The first-order valence-electron chi connectivity index (χ1n) is 3.08. The van der Waals surface area contributed by atoms with Gasteiger partial charge in [-0.1, -0.05) is 11.1 Å². The van der Waals surface area contributed by atoms with Crippen LogP contribution in [-0.2, 0) is 11.1 Å². The van der Waals surface area contributed by atoms with E-state index in [4.69, 9.17) is 0 Å². The minimum Gasteiger partial charge on any atom is -0.772 e. The van der Waals surface area contributed by atoms with Crippen molar-refractivity contribution in [2.75, 3.05) is 12.3 Å². The Kier molecular flexibility index (Phi) is 2.63. The first-order valence-corrected chi connectivity index (χ1v) is 4.32. The third-order valence-electron chi connectivity index (χ3n) is 1.50. The zero-order valence-electron chi connectivity index (χ0n) is 5.13. The van der Waals surface area contributed by atoms with Gasteiger partial charge in [-0.05, 0) is 19.4 Å². The summed E-state index contributed by atoms with van der Waals surface area (Å²) in [6, 6.07) is 0.225. The molecule has 0 aromatic heterocycles. The summed E-state index contributed by atoms with van der Waals surface area (Å²) in [7, 11) is 0. The molecule has 1 rings (SSSR count). The first kappa shape index (κ1) is 7.18. The molecule has 4 heteroatoms. The summed E-state index contributed by atoms with van der Waals surface area (Å²) < 4.78 is 20.2. The predicted octanol–water partition coefficient (Wildman–Crippen LogP) is -0.383. The summed E-state index contributed by atoms with van der Waals surface area (Å²) in [6.07, 6.45) is 2.12. The number of hydrogen-bond acceptors (Lipinski definition) is 3. The van der Waals surface area contributed by atoms with Gasteiger partial charge in [0.25, 0.3) is 0 Å². The van der Waals surface area contributed by atoms with Gasteiger partial charge in [0, 0.05) is 11.8 Å². The van der Waals surface area contributed by atoms with Crippen molar-refractivity contribution in [3.63, 3.8) is 0 Å². The summed E-state index contributed by atoms with van der Waals surface area (Å²) in [6.45, 7) is 0.974. The standard InChI is InChI=1S/C5H11NO2S/c7-9(8)4-5-2-1-3-6-5/h5-6H,1-4H2,(H,7,8)/p-1. The van der Waals surface area contributed by atoms with Crippen LogP contribution in [0.5, 0.6) is 0 Å². The first-order chi connectivity index (χ1) is 4.29. The second-order valence-electron chi connectivity index (χ2n) is 2.26. The molecule has 54 valence electrons. The monoisotopic (exact) mass is 148 g/mol. The average molecular weight is 148 g/mol. The van der Waals surface area contributed by atoms with Crippen LogP contribution >= 0.6 is 0 Å². The molecular weight excluding hydrogens is 138 g/mol. The van der Waals surface area contributed by atoms with Crippen molar-refractivity contribution in [2.24, 2.45) is 0 Å². The fourth-order valence-electron chi connectivity index (χ4n) is 1.06. The smallest absolute Gasteiger partial charge is 0.0256 e. The highest BCUT2D eigenvalue weighted by Crippen LogP contribution is 2.04. The fourth-order valence-corrected chi connectivity index (χ4v) is 1.68. The zero-order valence-corrected chi connectivity index (χ0v) is 5.95. The molecule has 2 unspecified atom stereocenters. The van der Waals surface area contributed by atoms with Gasteiger partial charge in [0.2, 0.25) is 0 Å². The molecule has 0 spiro atoms. The lowest BCUT2D eigenvalue weighted by Crippen LogP contribution is -2.27. The van der Waals surface area contributed by atoms with Gasteiger partial charge >= 0.3 is 0 Å². The van der Waals surface area contributed by atoms with Crippen LogP contribution in [0, 0.1) is 0 Å². The molecule has 0 aliphatic carbocycles. The maximum atomic E-state index is 10.1. The van der Waals surface area contributed by atoms with E-state index in [9.17, 15) is 8.76 Å². The molecule has 0 radical (unpaired) electrons. The van der Waals surface area contributed by atoms with Gasteiger partial charge in [-0.25, -0.2) is 0 Å². The zero-order chi connectivity index (χ0) is 6.69. The third-order valence-corrected chi connectivity index (χ3v) is 2.17. The molecule has 3 nitrogen and oxygen atoms in total. The quantitative estimate of drug-likeness (QED) is 0.543. The molecule has 1 aliphatic heterocycles. The van der Waals surface area contributed by atoms with E-state index in [0.717, 1.165) is 19.4 Å². The van der Waals surface area contributed by atoms with Gasteiger partial charge < -0.3 is 9.87 Å². The van der Waals surface area contributed by atoms with Crippen LogP contribution in [-0.4, -0.2) is 27.1 Å². The lowest BCUT2D eigenvalue weighted by atomic mass is 10.3. The molecule has 1 heterocycles. The summed E-state index contributed by atoms with van der Waals surface area (Å²) >= 11 is -1.87. The molecule has 1 fully saturated rings. The molecule has 0 aromatic carbocycles. The van der Waals surface area contributed by atoms with E-state index in [2.05, 4.69) is 5.32 Å². The van der Waals surface area contributed by atoms with Gasteiger partial charge in [-0.3, -0.25) is 4.21 Å². The van der Waals surface area contributed by atoms with Crippen molar-refractivity contribution >= 4 is 11.1 Å². The Bertz CT molecular complexity index is 112. The van der Waals surface area contributed by atoms with E-state index in [-0.39, 0.29) is 11.8 Å². The molecule has 0 bridgehead atoms. The Morgan fingerprint density at radius 2 is 2.56 bits per heavy atom. The van der Waals surface area contributed by atoms with Gasteiger partial charge in [-0.15, -0.1) is 0 Å². The number of rotatable bonds is 2. The van der Waals surface area contributed by atoms with E-state index >= 15 is 0 Å².